The van der Waals surface area contributed by atoms with Crippen molar-refractivity contribution >= 4 is 17.3 Å². The van der Waals surface area contributed by atoms with Gasteiger partial charge in [-0.2, -0.15) is 5.26 Å². The molecule has 0 saturated heterocycles. The van der Waals surface area contributed by atoms with E-state index in [-0.39, 0.29) is 18.5 Å². The Balaban J connectivity index is 2.63. The summed E-state index contributed by atoms with van der Waals surface area (Å²) in [5.41, 5.74) is 8.07. The quantitative estimate of drug-likeness (QED) is 0.779. The molecule has 0 saturated carbocycles. The highest BCUT2D eigenvalue weighted by molar-refractivity contribution is 5.93. The third kappa shape index (κ3) is 4.90. The second-order valence-corrected chi connectivity index (χ2v) is 5.09. The number of rotatable bonds is 6. The summed E-state index contributed by atoms with van der Waals surface area (Å²) in [4.78, 5) is 14.0. The van der Waals surface area contributed by atoms with Gasteiger partial charge in [-0.25, -0.2) is 0 Å². The van der Waals surface area contributed by atoms with Gasteiger partial charge in [-0.15, -0.1) is 0 Å². The normalized spacial score (nSPS) is 10.6. The van der Waals surface area contributed by atoms with Crippen LogP contribution in [-0.2, 0) is 4.79 Å². The van der Waals surface area contributed by atoms with E-state index in [1.807, 2.05) is 31.7 Å². The number of carbonyl (C=O) groups excluding carboxylic acids is 1. The van der Waals surface area contributed by atoms with Gasteiger partial charge in [-0.1, -0.05) is 0 Å². The van der Waals surface area contributed by atoms with Crippen LogP contribution < -0.4 is 11.1 Å². The van der Waals surface area contributed by atoms with Crippen LogP contribution >= 0.6 is 0 Å². The molecular formula is C15H22N4O. The summed E-state index contributed by atoms with van der Waals surface area (Å²) in [6.45, 7) is 6.81. The van der Waals surface area contributed by atoms with Crippen molar-refractivity contribution < 1.29 is 4.79 Å². The van der Waals surface area contributed by atoms with Crippen molar-refractivity contribution in [3.05, 3.63) is 23.8 Å². The molecule has 1 amide bonds. The van der Waals surface area contributed by atoms with Crippen molar-refractivity contribution in [2.75, 3.05) is 24.1 Å². The minimum absolute atomic E-state index is 0.0792. The molecule has 20 heavy (non-hydrogen) atoms. The molecule has 1 aromatic rings. The maximum absolute atomic E-state index is 12.1. The Labute approximate surface area is 120 Å². The first-order chi connectivity index (χ1) is 9.43. The smallest absolute Gasteiger partial charge is 0.238 e. The molecule has 1 aromatic carbocycles. The molecule has 0 aliphatic rings. The molecule has 0 aromatic heterocycles. The number of carbonyl (C=O) groups is 1. The van der Waals surface area contributed by atoms with Crippen LogP contribution in [-0.4, -0.2) is 29.9 Å². The van der Waals surface area contributed by atoms with Crippen LogP contribution in [0.2, 0.25) is 0 Å². The number of hydrogen-bond donors (Lipinski definition) is 2. The molecule has 0 aliphatic carbocycles. The van der Waals surface area contributed by atoms with Gasteiger partial charge in [0.25, 0.3) is 0 Å². The number of nitrogen functional groups attached to an aromatic ring is 1. The summed E-state index contributed by atoms with van der Waals surface area (Å²) in [6.07, 6.45) is 0.423. The monoisotopic (exact) mass is 274 g/mol. The summed E-state index contributed by atoms with van der Waals surface area (Å²) in [5, 5.41) is 11.5. The SMILES string of the molecule is Cc1cc(N)ccc1NC(=O)CN(CCC#N)C(C)C. The molecule has 0 heterocycles. The van der Waals surface area contributed by atoms with Crippen LogP contribution in [0, 0.1) is 18.3 Å². The molecule has 0 radical (unpaired) electrons. The number of amides is 1. The van der Waals surface area contributed by atoms with E-state index in [9.17, 15) is 4.79 Å². The molecule has 5 heteroatoms. The summed E-state index contributed by atoms with van der Waals surface area (Å²) >= 11 is 0. The second-order valence-electron chi connectivity index (χ2n) is 5.09. The Morgan fingerprint density at radius 3 is 2.75 bits per heavy atom. The predicted octanol–water partition coefficient (Wildman–Crippen LogP) is 2.14. The largest absolute Gasteiger partial charge is 0.399 e. The van der Waals surface area contributed by atoms with E-state index in [1.54, 1.807) is 12.1 Å². The van der Waals surface area contributed by atoms with Crippen LogP contribution in [0.3, 0.4) is 0 Å². The third-order valence-corrected chi connectivity index (χ3v) is 3.11. The predicted molar refractivity (Wildman–Crippen MR) is 81.2 cm³/mol. The standard InChI is InChI=1S/C15H22N4O/c1-11(2)19(8-4-7-16)10-15(20)18-14-6-5-13(17)9-12(14)3/h5-6,9,11H,4,8,10,17H2,1-3H3,(H,18,20). The Morgan fingerprint density at radius 2 is 2.20 bits per heavy atom. The van der Waals surface area contributed by atoms with Crippen molar-refractivity contribution in [2.24, 2.45) is 0 Å². The number of nitriles is 1. The van der Waals surface area contributed by atoms with Gasteiger partial charge < -0.3 is 11.1 Å². The zero-order valence-electron chi connectivity index (χ0n) is 12.3. The molecule has 1 rings (SSSR count). The lowest BCUT2D eigenvalue weighted by Gasteiger charge is -2.24. The van der Waals surface area contributed by atoms with E-state index in [4.69, 9.17) is 11.0 Å². The van der Waals surface area contributed by atoms with E-state index >= 15 is 0 Å². The average molecular weight is 274 g/mol. The van der Waals surface area contributed by atoms with Crippen molar-refractivity contribution in [1.29, 1.82) is 5.26 Å². The molecule has 0 bridgehead atoms. The van der Waals surface area contributed by atoms with Gasteiger partial charge >= 0.3 is 0 Å². The molecule has 0 fully saturated rings. The number of nitrogens with one attached hydrogen (secondary N) is 1. The minimum Gasteiger partial charge on any atom is -0.399 e. The fourth-order valence-corrected chi connectivity index (χ4v) is 1.91. The van der Waals surface area contributed by atoms with Crippen LogP contribution in [0.5, 0.6) is 0 Å². The first-order valence-electron chi connectivity index (χ1n) is 6.71. The Bertz CT molecular complexity index is 505. The highest BCUT2D eigenvalue weighted by Crippen LogP contribution is 2.17. The Morgan fingerprint density at radius 1 is 1.50 bits per heavy atom. The highest BCUT2D eigenvalue weighted by Gasteiger charge is 2.14. The van der Waals surface area contributed by atoms with E-state index in [0.717, 1.165) is 11.3 Å². The molecule has 0 spiro atoms. The number of anilines is 2. The van der Waals surface area contributed by atoms with E-state index in [1.165, 1.54) is 0 Å². The maximum Gasteiger partial charge on any atom is 0.238 e. The summed E-state index contributed by atoms with van der Waals surface area (Å²) < 4.78 is 0. The lowest BCUT2D eigenvalue weighted by molar-refractivity contribution is -0.117. The first-order valence-corrected chi connectivity index (χ1v) is 6.71. The average Bonchev–Trinajstić information content (AvgIpc) is 2.37. The Kier molecular flexibility index (Phi) is 6.01. The number of hydrogen-bond acceptors (Lipinski definition) is 4. The summed E-state index contributed by atoms with van der Waals surface area (Å²) in [7, 11) is 0. The number of aryl methyl sites for hydroxylation is 1. The lowest BCUT2D eigenvalue weighted by atomic mass is 10.2. The van der Waals surface area contributed by atoms with Crippen molar-refractivity contribution in [3.8, 4) is 6.07 Å². The van der Waals surface area contributed by atoms with Crippen LogP contribution in [0.1, 0.15) is 25.8 Å². The van der Waals surface area contributed by atoms with E-state index < -0.39 is 0 Å². The minimum atomic E-state index is -0.0792. The van der Waals surface area contributed by atoms with Gasteiger partial charge in [-0.3, -0.25) is 9.69 Å². The number of nitrogens with zero attached hydrogens (tertiary/aromatic N) is 2. The van der Waals surface area contributed by atoms with Crippen molar-refractivity contribution in [2.45, 2.75) is 33.2 Å². The zero-order chi connectivity index (χ0) is 15.1. The maximum atomic E-state index is 12.1. The van der Waals surface area contributed by atoms with E-state index in [2.05, 4.69) is 11.4 Å². The molecular weight excluding hydrogens is 252 g/mol. The van der Waals surface area contributed by atoms with Gasteiger partial charge in [0.15, 0.2) is 0 Å². The molecule has 0 atom stereocenters. The highest BCUT2D eigenvalue weighted by atomic mass is 16.2. The topological polar surface area (TPSA) is 82.2 Å². The second kappa shape index (κ2) is 7.51. The number of nitrogens with two attached hydrogens (primary N) is 1. The van der Waals surface area contributed by atoms with Crippen LogP contribution in [0.4, 0.5) is 11.4 Å². The Hall–Kier alpha value is -2.06. The van der Waals surface area contributed by atoms with Gasteiger partial charge in [-0.05, 0) is 44.5 Å². The van der Waals surface area contributed by atoms with Gasteiger partial charge in [0.1, 0.15) is 0 Å². The molecule has 108 valence electrons. The van der Waals surface area contributed by atoms with Gasteiger partial charge in [0.2, 0.25) is 5.91 Å². The molecule has 0 aliphatic heterocycles. The lowest BCUT2D eigenvalue weighted by Crippen LogP contribution is -2.38. The molecule has 5 nitrogen and oxygen atoms in total. The zero-order valence-corrected chi connectivity index (χ0v) is 12.3. The van der Waals surface area contributed by atoms with E-state index in [0.29, 0.717) is 18.7 Å². The first kappa shape index (κ1) is 16.0. The van der Waals surface area contributed by atoms with Gasteiger partial charge in [0, 0.05) is 30.4 Å². The number of benzene rings is 1. The summed E-state index contributed by atoms with van der Waals surface area (Å²) in [5.74, 6) is -0.0792. The van der Waals surface area contributed by atoms with Crippen LogP contribution in [0.15, 0.2) is 18.2 Å². The van der Waals surface area contributed by atoms with Crippen molar-refractivity contribution in [1.82, 2.24) is 4.90 Å². The van der Waals surface area contributed by atoms with Crippen LogP contribution in [0.25, 0.3) is 0 Å². The fourth-order valence-electron chi connectivity index (χ4n) is 1.91. The molecule has 3 N–H and O–H groups in total. The fraction of sp³-hybridized carbons (Fsp3) is 0.467. The third-order valence-electron chi connectivity index (χ3n) is 3.11. The summed E-state index contributed by atoms with van der Waals surface area (Å²) in [6, 6.07) is 7.72. The van der Waals surface area contributed by atoms with Crippen molar-refractivity contribution in [3.63, 3.8) is 0 Å². The van der Waals surface area contributed by atoms with Gasteiger partial charge in [0.05, 0.1) is 12.6 Å². The molecule has 0 unspecified atom stereocenters.